The molecule has 0 aromatic carbocycles. The van der Waals surface area contributed by atoms with E-state index in [4.69, 9.17) is 5.73 Å². The number of nitrogens with one attached hydrogen (secondary N) is 3. The molecule has 0 saturated heterocycles. The molecule has 8 nitrogen and oxygen atoms in total. The number of aliphatic hydroxyl groups is 2. The Morgan fingerprint density at radius 2 is 2.24 bits per heavy atom. The average molecular weight is 239 g/mol. The maximum Gasteiger partial charge on any atom is 0.371 e. The van der Waals surface area contributed by atoms with E-state index in [1.807, 2.05) is 0 Å². The van der Waals surface area contributed by atoms with Crippen molar-refractivity contribution < 1.29 is 20.2 Å². The maximum absolute atomic E-state index is 11.5. The van der Waals surface area contributed by atoms with Gasteiger partial charge < -0.3 is 15.9 Å². The number of H-pyrrole nitrogens is 3. The second-order valence-corrected chi connectivity index (χ2v) is 3.73. The van der Waals surface area contributed by atoms with Crippen molar-refractivity contribution in [1.82, 2.24) is 9.97 Å². The molecule has 2 atom stereocenters. The SMILES string of the molecule is CC(O)C(O)c1c[nH+]c2c(=O)[nH]c(N)[nH+]c2n1. The fourth-order valence-corrected chi connectivity index (χ4v) is 1.44. The Balaban J connectivity index is 2.62. The highest BCUT2D eigenvalue weighted by Gasteiger charge is 2.23. The summed E-state index contributed by atoms with van der Waals surface area (Å²) < 4.78 is 0. The first-order valence-electron chi connectivity index (χ1n) is 4.98. The molecule has 8 heteroatoms. The zero-order chi connectivity index (χ0) is 12.6. The van der Waals surface area contributed by atoms with Crippen molar-refractivity contribution in [3.05, 3.63) is 22.2 Å². The van der Waals surface area contributed by atoms with E-state index >= 15 is 0 Å². The molecule has 7 N–H and O–H groups in total. The minimum Gasteiger partial charge on any atom is -0.390 e. The van der Waals surface area contributed by atoms with Crippen LogP contribution in [0.4, 0.5) is 5.95 Å². The van der Waals surface area contributed by atoms with Gasteiger partial charge in [-0.25, -0.2) is 14.8 Å². The second kappa shape index (κ2) is 4.07. The summed E-state index contributed by atoms with van der Waals surface area (Å²) in [5.41, 5.74) is 5.66. The normalized spacial score (nSPS) is 14.8. The van der Waals surface area contributed by atoms with E-state index in [-0.39, 0.29) is 22.8 Å². The van der Waals surface area contributed by atoms with E-state index < -0.39 is 17.8 Å². The van der Waals surface area contributed by atoms with Gasteiger partial charge in [-0.15, -0.1) is 4.98 Å². The minimum atomic E-state index is -1.13. The van der Waals surface area contributed by atoms with Gasteiger partial charge in [-0.05, 0) is 6.92 Å². The van der Waals surface area contributed by atoms with Crippen LogP contribution < -0.4 is 21.3 Å². The quantitative estimate of drug-likeness (QED) is 0.460. The summed E-state index contributed by atoms with van der Waals surface area (Å²) in [7, 11) is 0. The molecule has 2 rings (SSSR count). The predicted octanol–water partition coefficient (Wildman–Crippen LogP) is -2.45. The molecule has 0 spiro atoms. The number of nitrogen functional groups attached to an aromatic ring is 1. The molecule has 2 aromatic rings. The average Bonchev–Trinajstić information content (AvgIpc) is 2.26. The van der Waals surface area contributed by atoms with Crippen molar-refractivity contribution in [2.45, 2.75) is 19.1 Å². The van der Waals surface area contributed by atoms with Crippen LogP contribution in [0.1, 0.15) is 18.7 Å². The topological polar surface area (TPSA) is 141 Å². The molecule has 90 valence electrons. The van der Waals surface area contributed by atoms with Gasteiger partial charge in [0.1, 0.15) is 6.10 Å². The summed E-state index contributed by atoms with van der Waals surface area (Å²) >= 11 is 0. The van der Waals surface area contributed by atoms with E-state index in [9.17, 15) is 15.0 Å². The number of nitrogens with two attached hydrogens (primary N) is 1. The van der Waals surface area contributed by atoms with Crippen LogP contribution in [0, 0.1) is 0 Å². The fourth-order valence-electron chi connectivity index (χ4n) is 1.44. The van der Waals surface area contributed by atoms with Gasteiger partial charge in [-0.1, -0.05) is 0 Å². The molecule has 17 heavy (non-hydrogen) atoms. The number of anilines is 1. The summed E-state index contributed by atoms with van der Waals surface area (Å²) in [6.45, 7) is 1.44. The number of aromatic amines is 3. The van der Waals surface area contributed by atoms with E-state index in [0.29, 0.717) is 0 Å². The monoisotopic (exact) mass is 239 g/mol. The molecule has 0 fully saturated rings. The van der Waals surface area contributed by atoms with Crippen LogP contribution in [0.25, 0.3) is 11.2 Å². The number of hydrogen-bond acceptors (Lipinski definition) is 5. The zero-order valence-electron chi connectivity index (χ0n) is 9.06. The molecule has 0 radical (unpaired) electrons. The van der Waals surface area contributed by atoms with Gasteiger partial charge in [-0.3, -0.25) is 0 Å². The highest BCUT2D eigenvalue weighted by Crippen LogP contribution is 2.12. The van der Waals surface area contributed by atoms with Crippen molar-refractivity contribution in [2.24, 2.45) is 0 Å². The number of fused-ring (bicyclic) bond motifs is 1. The Labute approximate surface area is 95.2 Å². The van der Waals surface area contributed by atoms with Gasteiger partial charge in [0, 0.05) is 0 Å². The second-order valence-electron chi connectivity index (χ2n) is 3.73. The number of hydrogen-bond donors (Lipinski definition) is 4. The molecule has 2 aromatic heterocycles. The van der Waals surface area contributed by atoms with E-state index in [0.717, 1.165) is 0 Å². The van der Waals surface area contributed by atoms with Crippen molar-refractivity contribution >= 4 is 17.1 Å². The molecule has 0 aliphatic rings. The molecule has 0 bridgehead atoms. The highest BCUT2D eigenvalue weighted by atomic mass is 16.3. The summed E-state index contributed by atoms with van der Waals surface area (Å²) in [6.07, 6.45) is -0.740. The van der Waals surface area contributed by atoms with Gasteiger partial charge in [0.25, 0.3) is 0 Å². The van der Waals surface area contributed by atoms with Crippen LogP contribution in [-0.4, -0.2) is 26.3 Å². The minimum absolute atomic E-state index is 0.0621. The molecule has 0 saturated carbocycles. The maximum atomic E-state index is 11.5. The molecular formula is C9H13N5O3+2. The first kappa shape index (κ1) is 11.4. The molecule has 2 heterocycles. The van der Waals surface area contributed by atoms with Crippen molar-refractivity contribution in [3.63, 3.8) is 0 Å². The van der Waals surface area contributed by atoms with Crippen molar-refractivity contribution in [3.8, 4) is 0 Å². The number of nitrogens with zero attached hydrogens (tertiary/aromatic N) is 1. The van der Waals surface area contributed by atoms with Crippen LogP contribution >= 0.6 is 0 Å². The Kier molecular flexibility index (Phi) is 2.74. The van der Waals surface area contributed by atoms with E-state index in [1.165, 1.54) is 13.1 Å². The number of rotatable bonds is 2. The van der Waals surface area contributed by atoms with Crippen LogP contribution in [0.3, 0.4) is 0 Å². The lowest BCUT2D eigenvalue weighted by Gasteiger charge is -2.08. The Bertz CT molecular complexity index is 609. The zero-order valence-corrected chi connectivity index (χ0v) is 9.06. The predicted molar refractivity (Wildman–Crippen MR) is 56.5 cm³/mol. The first-order valence-corrected chi connectivity index (χ1v) is 4.98. The largest absolute Gasteiger partial charge is 0.390 e. The third kappa shape index (κ3) is 2.08. The Morgan fingerprint density at radius 3 is 2.88 bits per heavy atom. The summed E-state index contributed by atoms with van der Waals surface area (Å²) in [5, 5.41) is 18.9. The van der Waals surface area contributed by atoms with Gasteiger partial charge in [0.2, 0.25) is 6.20 Å². The fraction of sp³-hybridized carbons (Fsp3) is 0.333. The molecule has 2 unspecified atom stereocenters. The van der Waals surface area contributed by atoms with Crippen LogP contribution in [0.5, 0.6) is 0 Å². The van der Waals surface area contributed by atoms with Crippen LogP contribution in [0.2, 0.25) is 0 Å². The summed E-state index contributed by atoms with van der Waals surface area (Å²) in [6, 6.07) is 0. The van der Waals surface area contributed by atoms with Crippen molar-refractivity contribution in [2.75, 3.05) is 5.73 Å². The van der Waals surface area contributed by atoms with E-state index in [1.54, 1.807) is 0 Å². The van der Waals surface area contributed by atoms with Gasteiger partial charge in [0.05, 0.1) is 6.10 Å². The third-order valence-electron chi connectivity index (χ3n) is 2.33. The highest BCUT2D eigenvalue weighted by molar-refractivity contribution is 5.60. The molecular weight excluding hydrogens is 226 g/mol. The summed E-state index contributed by atoms with van der Waals surface area (Å²) in [5.74, 6) is 0.0621. The van der Waals surface area contributed by atoms with Crippen LogP contribution in [0.15, 0.2) is 11.0 Å². The Morgan fingerprint density at radius 1 is 1.53 bits per heavy atom. The molecule has 0 aliphatic heterocycles. The van der Waals surface area contributed by atoms with Gasteiger partial charge in [0.15, 0.2) is 5.69 Å². The van der Waals surface area contributed by atoms with Gasteiger partial charge in [-0.2, -0.15) is 4.98 Å². The smallest absolute Gasteiger partial charge is 0.371 e. The summed E-state index contributed by atoms with van der Waals surface area (Å²) in [4.78, 5) is 23.2. The third-order valence-corrected chi connectivity index (χ3v) is 2.33. The van der Waals surface area contributed by atoms with Gasteiger partial charge >= 0.3 is 22.7 Å². The molecule has 0 amide bonds. The van der Waals surface area contributed by atoms with Crippen molar-refractivity contribution in [1.29, 1.82) is 0 Å². The lowest BCUT2D eigenvalue weighted by atomic mass is 10.2. The van der Waals surface area contributed by atoms with E-state index in [2.05, 4.69) is 19.9 Å². The molecule has 0 aliphatic carbocycles. The number of aliphatic hydroxyl groups excluding tert-OH is 2. The Hall–Kier alpha value is -2.06. The standard InChI is InChI=1S/C9H11N5O3/c1-3(15)6(16)4-2-11-5-7(12-4)13-9(10)14-8(5)17/h2-3,6,15-16H,1H3,(H3,10,12,13,14,17)/p+2. The first-order chi connectivity index (χ1) is 7.99. The van der Waals surface area contributed by atoms with Crippen LogP contribution in [-0.2, 0) is 0 Å². The lowest BCUT2D eigenvalue weighted by Crippen LogP contribution is -2.30. The lowest BCUT2D eigenvalue weighted by molar-refractivity contribution is -0.372. The number of aromatic nitrogens is 4.